The minimum atomic E-state index is -0.395. The molecule has 0 saturated carbocycles. The van der Waals surface area contributed by atoms with Gasteiger partial charge >= 0.3 is 6.03 Å². The molecule has 8 heteroatoms. The summed E-state index contributed by atoms with van der Waals surface area (Å²) in [6, 6.07) is 15.6. The molecule has 0 saturated heterocycles. The number of carbonyl (C=O) groups excluding carboxylic acids is 1. The summed E-state index contributed by atoms with van der Waals surface area (Å²) >= 11 is 1.68. The Balaban J connectivity index is 1.70. The lowest BCUT2D eigenvalue weighted by molar-refractivity contribution is 0.0736. The zero-order valence-electron chi connectivity index (χ0n) is 20.9. The van der Waals surface area contributed by atoms with Crippen molar-refractivity contribution in [3.05, 3.63) is 71.2 Å². The van der Waals surface area contributed by atoms with Gasteiger partial charge in [0.15, 0.2) is 0 Å². The largest absolute Gasteiger partial charge is 0.379 e. The van der Waals surface area contributed by atoms with Crippen molar-refractivity contribution in [2.75, 3.05) is 19.4 Å². The van der Waals surface area contributed by atoms with E-state index in [4.69, 9.17) is 14.2 Å². The number of amides is 2. The quantitative estimate of drug-likeness (QED) is 0.288. The molecule has 0 radical (unpaired) electrons. The number of ether oxygens (including phenoxy) is 1. The molecule has 0 fully saturated rings. The van der Waals surface area contributed by atoms with Gasteiger partial charge in [0.1, 0.15) is 0 Å². The maximum atomic E-state index is 13.1. The minimum absolute atomic E-state index is 0.145. The monoisotopic (exact) mass is 492 g/mol. The first kappa shape index (κ1) is 25.0. The summed E-state index contributed by atoms with van der Waals surface area (Å²) in [4.78, 5) is 20.8. The number of urea groups is 1. The number of nitrogens with zero attached hydrogens (tertiary/aromatic N) is 3. The minimum Gasteiger partial charge on any atom is -0.379 e. The van der Waals surface area contributed by atoms with Crippen molar-refractivity contribution in [3.8, 4) is 11.4 Å². The third-order valence-corrected chi connectivity index (χ3v) is 6.73. The molecule has 1 aliphatic rings. The number of hydrogen-bond donors (Lipinski definition) is 1. The summed E-state index contributed by atoms with van der Waals surface area (Å²) in [7, 11) is 0. The van der Waals surface area contributed by atoms with E-state index in [0.29, 0.717) is 24.9 Å². The molecule has 7 nitrogen and oxygen atoms in total. The van der Waals surface area contributed by atoms with E-state index in [1.807, 2.05) is 70.3 Å². The Hall–Kier alpha value is -3.10. The first-order valence-electron chi connectivity index (χ1n) is 11.8. The average Bonchev–Trinajstić information content (AvgIpc) is 3.33. The zero-order valence-corrected chi connectivity index (χ0v) is 21.7. The highest BCUT2D eigenvalue weighted by Gasteiger charge is 2.35. The van der Waals surface area contributed by atoms with Gasteiger partial charge in [0.25, 0.3) is 5.89 Å². The number of aromatic nitrogens is 2. The van der Waals surface area contributed by atoms with Crippen LogP contribution in [0.1, 0.15) is 50.3 Å². The van der Waals surface area contributed by atoms with Gasteiger partial charge in [-0.15, -0.1) is 11.8 Å². The van der Waals surface area contributed by atoms with Gasteiger partial charge < -0.3 is 14.6 Å². The Morgan fingerprint density at radius 1 is 1.11 bits per heavy atom. The highest BCUT2D eigenvalue weighted by Crippen LogP contribution is 2.37. The Morgan fingerprint density at radius 2 is 1.83 bits per heavy atom. The van der Waals surface area contributed by atoms with Crippen LogP contribution < -0.4 is 5.32 Å². The number of nitrogens with one attached hydrogen (secondary N) is 1. The molecule has 1 unspecified atom stereocenters. The Labute approximate surface area is 210 Å². The van der Waals surface area contributed by atoms with Gasteiger partial charge in [-0.05, 0) is 58.1 Å². The number of benzene rings is 2. The van der Waals surface area contributed by atoms with Crippen molar-refractivity contribution in [2.45, 2.75) is 51.2 Å². The van der Waals surface area contributed by atoms with Crippen LogP contribution in [0.15, 0.2) is 63.6 Å². The fourth-order valence-electron chi connectivity index (χ4n) is 4.07. The van der Waals surface area contributed by atoms with Crippen molar-refractivity contribution >= 4 is 23.4 Å². The van der Waals surface area contributed by atoms with Crippen LogP contribution in [0, 0.1) is 6.92 Å². The van der Waals surface area contributed by atoms with Crippen LogP contribution in [-0.2, 0) is 4.74 Å². The molecule has 1 N–H and O–H groups in total. The average molecular weight is 493 g/mol. The molecule has 1 aromatic heterocycles. The van der Waals surface area contributed by atoms with Crippen molar-refractivity contribution in [3.63, 3.8) is 0 Å². The third kappa shape index (κ3) is 5.77. The summed E-state index contributed by atoms with van der Waals surface area (Å²) in [6.07, 6.45) is 2.92. The van der Waals surface area contributed by atoms with Crippen LogP contribution in [0.25, 0.3) is 17.0 Å². The van der Waals surface area contributed by atoms with Gasteiger partial charge in [-0.2, -0.15) is 4.98 Å². The fraction of sp³-hybridized carbons (Fsp3) is 0.370. The molecule has 4 rings (SSSR count). The summed E-state index contributed by atoms with van der Waals surface area (Å²) in [5, 5.41) is 7.40. The van der Waals surface area contributed by atoms with E-state index in [9.17, 15) is 4.79 Å². The van der Waals surface area contributed by atoms with Crippen molar-refractivity contribution in [1.82, 2.24) is 20.4 Å². The van der Waals surface area contributed by atoms with E-state index in [0.717, 1.165) is 39.3 Å². The van der Waals surface area contributed by atoms with Gasteiger partial charge in [-0.25, -0.2) is 4.79 Å². The summed E-state index contributed by atoms with van der Waals surface area (Å²) in [6.45, 7) is 9.11. The molecule has 0 spiro atoms. The number of thioether (sulfide) groups is 1. The molecule has 3 aromatic rings. The smallest absolute Gasteiger partial charge is 0.322 e. The second-order valence-corrected chi connectivity index (χ2v) is 9.75. The van der Waals surface area contributed by atoms with Crippen LogP contribution >= 0.6 is 11.8 Å². The maximum absolute atomic E-state index is 13.1. The van der Waals surface area contributed by atoms with Crippen molar-refractivity contribution < 1.29 is 14.1 Å². The molecule has 2 aromatic carbocycles. The standard InChI is InChI=1S/C27H32N4O3S/c1-17(2)33-16-6-15-31-19(4)23(24(28-27(31)32)20-11-13-22(35-5)14-12-20)26-29-25(30-34-26)21-9-7-18(3)8-10-21/h7-14,17,24H,6,15-16H2,1-5H3,(H,28,32). The number of hydrogen-bond acceptors (Lipinski definition) is 6. The predicted octanol–water partition coefficient (Wildman–Crippen LogP) is 6.08. The first-order chi connectivity index (χ1) is 16.9. The van der Waals surface area contributed by atoms with Gasteiger partial charge in [-0.3, -0.25) is 4.90 Å². The number of carbonyl (C=O) groups is 1. The maximum Gasteiger partial charge on any atom is 0.322 e. The highest BCUT2D eigenvalue weighted by molar-refractivity contribution is 7.98. The van der Waals surface area contributed by atoms with Crippen LogP contribution in [0.4, 0.5) is 4.79 Å². The van der Waals surface area contributed by atoms with Crippen molar-refractivity contribution in [1.29, 1.82) is 0 Å². The molecule has 2 heterocycles. The SMILES string of the molecule is CSc1ccc(C2NC(=O)N(CCCOC(C)C)C(C)=C2c2nc(-c3ccc(C)cc3)no2)cc1. The van der Waals surface area contributed by atoms with E-state index >= 15 is 0 Å². The van der Waals surface area contributed by atoms with Gasteiger partial charge in [0.05, 0.1) is 17.7 Å². The molecule has 1 atom stereocenters. The van der Waals surface area contributed by atoms with E-state index in [2.05, 4.69) is 22.6 Å². The van der Waals surface area contributed by atoms with Gasteiger partial charge in [-0.1, -0.05) is 47.1 Å². The lowest BCUT2D eigenvalue weighted by Crippen LogP contribution is -2.46. The van der Waals surface area contributed by atoms with E-state index in [-0.39, 0.29) is 12.1 Å². The number of allylic oxidation sites excluding steroid dienone is 1. The fourth-order valence-corrected chi connectivity index (χ4v) is 4.48. The topological polar surface area (TPSA) is 80.5 Å². The Kier molecular flexibility index (Phi) is 7.93. The van der Waals surface area contributed by atoms with Gasteiger partial charge in [0.2, 0.25) is 5.82 Å². The molecule has 2 amide bonds. The third-order valence-electron chi connectivity index (χ3n) is 5.99. The van der Waals surface area contributed by atoms with Crippen molar-refractivity contribution in [2.24, 2.45) is 0 Å². The summed E-state index contributed by atoms with van der Waals surface area (Å²) in [5.74, 6) is 0.922. The van der Waals surface area contributed by atoms with Crippen LogP contribution in [0.2, 0.25) is 0 Å². The van der Waals surface area contributed by atoms with E-state index in [1.54, 1.807) is 16.7 Å². The Bertz CT molecular complexity index is 1190. The molecule has 1 aliphatic heterocycles. The number of aryl methyl sites for hydroxylation is 1. The van der Waals surface area contributed by atoms with Crippen LogP contribution in [0.5, 0.6) is 0 Å². The second-order valence-electron chi connectivity index (χ2n) is 8.87. The summed E-state index contributed by atoms with van der Waals surface area (Å²) in [5.41, 5.74) is 4.61. The lowest BCUT2D eigenvalue weighted by Gasteiger charge is -2.35. The first-order valence-corrected chi connectivity index (χ1v) is 13.1. The molecule has 35 heavy (non-hydrogen) atoms. The molecular formula is C27H32N4O3S. The lowest BCUT2D eigenvalue weighted by atomic mass is 9.94. The van der Waals surface area contributed by atoms with E-state index in [1.165, 1.54) is 0 Å². The van der Waals surface area contributed by atoms with E-state index < -0.39 is 6.04 Å². The van der Waals surface area contributed by atoms with Crippen LogP contribution in [-0.4, -0.2) is 46.6 Å². The highest BCUT2D eigenvalue weighted by atomic mass is 32.2. The van der Waals surface area contributed by atoms with Crippen LogP contribution in [0.3, 0.4) is 0 Å². The Morgan fingerprint density at radius 3 is 2.49 bits per heavy atom. The number of rotatable bonds is 9. The van der Waals surface area contributed by atoms with Gasteiger partial charge in [0, 0.05) is 29.3 Å². The second kappa shape index (κ2) is 11.1. The predicted molar refractivity (Wildman–Crippen MR) is 139 cm³/mol. The summed E-state index contributed by atoms with van der Waals surface area (Å²) < 4.78 is 11.4. The molecular weight excluding hydrogens is 460 g/mol. The molecule has 184 valence electrons. The normalized spacial score (nSPS) is 16.2. The molecule has 0 aliphatic carbocycles. The molecule has 0 bridgehead atoms. The zero-order chi connectivity index (χ0) is 24.9.